The third kappa shape index (κ3) is 4.67. The Morgan fingerprint density at radius 2 is 1.89 bits per heavy atom. The van der Waals surface area contributed by atoms with E-state index in [-0.39, 0.29) is 11.8 Å². The van der Waals surface area contributed by atoms with Crippen LogP contribution < -0.4 is 10.6 Å². The zero-order chi connectivity index (χ0) is 13.5. The number of amides is 1. The Kier molecular flexibility index (Phi) is 6.16. The molecule has 0 heterocycles. The third-order valence-electron chi connectivity index (χ3n) is 2.95. The lowest BCUT2D eigenvalue weighted by Crippen LogP contribution is -2.38. The lowest BCUT2D eigenvalue weighted by atomic mass is 9.95. The first-order valence-electron chi connectivity index (χ1n) is 6.21. The highest BCUT2D eigenvalue weighted by Crippen LogP contribution is 2.12. The van der Waals surface area contributed by atoms with E-state index in [2.05, 4.69) is 24.5 Å². The number of nitrogens with one attached hydrogen (secondary N) is 2. The summed E-state index contributed by atoms with van der Waals surface area (Å²) in [6.45, 7) is 5.36. The first-order valence-corrected chi connectivity index (χ1v) is 6.59. The van der Waals surface area contributed by atoms with Crippen molar-refractivity contribution in [1.82, 2.24) is 10.6 Å². The molecule has 2 N–H and O–H groups in total. The number of rotatable bonds is 6. The Hall–Kier alpha value is -1.06. The molecule has 0 spiro atoms. The Morgan fingerprint density at radius 3 is 2.39 bits per heavy atom. The molecule has 0 radical (unpaired) electrons. The van der Waals surface area contributed by atoms with Gasteiger partial charge in [0.15, 0.2) is 0 Å². The first-order chi connectivity index (χ1) is 8.54. The monoisotopic (exact) mass is 268 g/mol. The molecule has 0 saturated carbocycles. The van der Waals surface area contributed by atoms with Crippen LogP contribution in [0.1, 0.15) is 19.4 Å². The highest BCUT2D eigenvalue weighted by Gasteiger charge is 2.20. The summed E-state index contributed by atoms with van der Waals surface area (Å²) in [6.07, 6.45) is 0. The third-order valence-corrected chi connectivity index (χ3v) is 3.20. The van der Waals surface area contributed by atoms with E-state index in [1.807, 2.05) is 31.3 Å². The van der Waals surface area contributed by atoms with Crippen LogP contribution in [0.3, 0.4) is 0 Å². The van der Waals surface area contributed by atoms with E-state index in [1.54, 1.807) is 0 Å². The van der Waals surface area contributed by atoms with Gasteiger partial charge < -0.3 is 10.6 Å². The van der Waals surface area contributed by atoms with Gasteiger partial charge in [0.05, 0.1) is 5.92 Å². The Morgan fingerprint density at radius 1 is 1.28 bits per heavy atom. The fourth-order valence-corrected chi connectivity index (χ4v) is 1.90. The summed E-state index contributed by atoms with van der Waals surface area (Å²) in [5.74, 6) is 0.416. The molecule has 1 aromatic rings. The molecule has 1 amide bonds. The van der Waals surface area contributed by atoms with Gasteiger partial charge in [-0.2, -0.15) is 0 Å². The lowest BCUT2D eigenvalue weighted by molar-refractivity contribution is -0.126. The summed E-state index contributed by atoms with van der Waals surface area (Å²) in [5.41, 5.74) is 1.06. The normalized spacial score (nSPS) is 12.5. The van der Waals surface area contributed by atoms with Crippen molar-refractivity contribution < 1.29 is 4.79 Å². The van der Waals surface area contributed by atoms with E-state index < -0.39 is 0 Å². The standard InChI is InChI=1S/C14H21ClN2O/c1-10(2)13(9-16-3)14(18)17-8-11-4-6-12(15)7-5-11/h4-7,10,13,16H,8-9H2,1-3H3,(H,17,18). The van der Waals surface area contributed by atoms with Crippen LogP contribution in [0, 0.1) is 11.8 Å². The van der Waals surface area contributed by atoms with Crippen molar-refractivity contribution in [3.8, 4) is 0 Å². The van der Waals surface area contributed by atoms with E-state index >= 15 is 0 Å². The molecule has 1 atom stereocenters. The predicted octanol–water partition coefficient (Wildman–Crippen LogP) is 2.45. The zero-order valence-corrected chi connectivity index (χ0v) is 11.9. The highest BCUT2D eigenvalue weighted by atomic mass is 35.5. The molecule has 4 heteroatoms. The molecule has 0 aliphatic rings. The van der Waals surface area contributed by atoms with Gasteiger partial charge in [-0.1, -0.05) is 37.6 Å². The van der Waals surface area contributed by atoms with Crippen molar-refractivity contribution in [2.75, 3.05) is 13.6 Å². The number of carbonyl (C=O) groups is 1. The zero-order valence-electron chi connectivity index (χ0n) is 11.2. The van der Waals surface area contributed by atoms with Crippen LogP contribution >= 0.6 is 11.6 Å². The molecule has 0 aliphatic carbocycles. The van der Waals surface area contributed by atoms with E-state index in [9.17, 15) is 4.79 Å². The van der Waals surface area contributed by atoms with Crippen molar-refractivity contribution in [3.05, 3.63) is 34.9 Å². The van der Waals surface area contributed by atoms with Gasteiger partial charge in [-0.25, -0.2) is 0 Å². The van der Waals surface area contributed by atoms with Crippen LogP contribution in [-0.2, 0) is 11.3 Å². The van der Waals surface area contributed by atoms with Crippen LogP contribution in [0.2, 0.25) is 5.02 Å². The van der Waals surface area contributed by atoms with Gasteiger partial charge in [0, 0.05) is 18.1 Å². The second kappa shape index (κ2) is 7.39. The maximum absolute atomic E-state index is 12.0. The summed E-state index contributed by atoms with van der Waals surface area (Å²) < 4.78 is 0. The topological polar surface area (TPSA) is 41.1 Å². The molecule has 1 aromatic carbocycles. The molecule has 0 bridgehead atoms. The second-order valence-corrected chi connectivity index (χ2v) is 5.19. The molecule has 0 aliphatic heterocycles. The Balaban J connectivity index is 2.51. The molecule has 1 rings (SSSR count). The fraction of sp³-hybridized carbons (Fsp3) is 0.500. The van der Waals surface area contributed by atoms with Crippen molar-refractivity contribution >= 4 is 17.5 Å². The summed E-state index contributed by atoms with van der Waals surface area (Å²) in [4.78, 5) is 12.0. The molecule has 0 aromatic heterocycles. The maximum Gasteiger partial charge on any atom is 0.224 e. The predicted molar refractivity (Wildman–Crippen MR) is 75.6 cm³/mol. The van der Waals surface area contributed by atoms with Gasteiger partial charge in [0.2, 0.25) is 5.91 Å². The van der Waals surface area contributed by atoms with Gasteiger partial charge in [-0.15, -0.1) is 0 Å². The summed E-state index contributed by atoms with van der Waals surface area (Å²) in [5, 5.41) is 6.73. The minimum atomic E-state index is 0.00213. The largest absolute Gasteiger partial charge is 0.352 e. The molecular formula is C14H21ClN2O. The quantitative estimate of drug-likeness (QED) is 0.832. The summed E-state index contributed by atoms with van der Waals surface area (Å²) in [6, 6.07) is 7.50. The van der Waals surface area contributed by atoms with E-state index in [0.717, 1.165) is 5.56 Å². The molecule has 0 saturated heterocycles. The molecule has 18 heavy (non-hydrogen) atoms. The van der Waals surface area contributed by atoms with Gasteiger partial charge in [0.25, 0.3) is 0 Å². The maximum atomic E-state index is 12.0. The van der Waals surface area contributed by atoms with Crippen molar-refractivity contribution in [2.24, 2.45) is 11.8 Å². The summed E-state index contributed by atoms with van der Waals surface area (Å²) >= 11 is 5.81. The summed E-state index contributed by atoms with van der Waals surface area (Å²) in [7, 11) is 1.86. The van der Waals surface area contributed by atoms with E-state index in [4.69, 9.17) is 11.6 Å². The van der Waals surface area contributed by atoms with Gasteiger partial charge in [-0.3, -0.25) is 4.79 Å². The van der Waals surface area contributed by atoms with E-state index in [1.165, 1.54) is 0 Å². The minimum Gasteiger partial charge on any atom is -0.352 e. The van der Waals surface area contributed by atoms with Gasteiger partial charge >= 0.3 is 0 Å². The molecular weight excluding hydrogens is 248 g/mol. The van der Waals surface area contributed by atoms with E-state index in [0.29, 0.717) is 24.0 Å². The van der Waals surface area contributed by atoms with Crippen LogP contribution in [0.5, 0.6) is 0 Å². The average molecular weight is 269 g/mol. The van der Waals surface area contributed by atoms with Crippen LogP contribution in [0.15, 0.2) is 24.3 Å². The molecule has 1 unspecified atom stereocenters. The van der Waals surface area contributed by atoms with Crippen LogP contribution in [-0.4, -0.2) is 19.5 Å². The molecule has 0 fully saturated rings. The number of halogens is 1. The Labute approximate surface area is 114 Å². The van der Waals surface area contributed by atoms with Crippen LogP contribution in [0.4, 0.5) is 0 Å². The fourth-order valence-electron chi connectivity index (χ4n) is 1.77. The van der Waals surface area contributed by atoms with Crippen LogP contribution in [0.25, 0.3) is 0 Å². The molecule has 100 valence electrons. The Bertz CT molecular complexity index is 376. The number of benzene rings is 1. The van der Waals surface area contributed by atoms with Crippen molar-refractivity contribution in [2.45, 2.75) is 20.4 Å². The van der Waals surface area contributed by atoms with Gasteiger partial charge in [-0.05, 0) is 30.7 Å². The minimum absolute atomic E-state index is 0.00213. The van der Waals surface area contributed by atoms with Crippen molar-refractivity contribution in [1.29, 1.82) is 0 Å². The van der Waals surface area contributed by atoms with Crippen molar-refractivity contribution in [3.63, 3.8) is 0 Å². The van der Waals surface area contributed by atoms with Gasteiger partial charge in [0.1, 0.15) is 0 Å². The number of hydrogen-bond acceptors (Lipinski definition) is 2. The highest BCUT2D eigenvalue weighted by molar-refractivity contribution is 6.30. The average Bonchev–Trinajstić information content (AvgIpc) is 2.34. The SMILES string of the molecule is CNCC(C(=O)NCc1ccc(Cl)cc1)C(C)C. The number of hydrogen-bond donors (Lipinski definition) is 2. The smallest absolute Gasteiger partial charge is 0.224 e. The first kappa shape index (κ1) is 15.0. The molecule has 3 nitrogen and oxygen atoms in total. The second-order valence-electron chi connectivity index (χ2n) is 4.75. The number of carbonyl (C=O) groups excluding carboxylic acids is 1. The lowest BCUT2D eigenvalue weighted by Gasteiger charge is -2.19.